The molecular formula is C14H12BClN2O3. The number of carbonyl (C=O) groups is 1. The minimum atomic E-state index is -0.998. The fourth-order valence-electron chi connectivity index (χ4n) is 2.20. The number of fused-ring (bicyclic) bond motifs is 1. The van der Waals surface area contributed by atoms with Crippen LogP contribution in [0.2, 0.25) is 5.02 Å². The van der Waals surface area contributed by atoms with Crippen LogP contribution in [0.4, 0.5) is 0 Å². The van der Waals surface area contributed by atoms with Crippen LogP contribution in [0.3, 0.4) is 0 Å². The first kappa shape index (κ1) is 14.1. The fraction of sp³-hybridized carbons (Fsp3) is 0.143. The molecule has 2 aromatic rings. The molecule has 1 aliphatic heterocycles. The van der Waals surface area contributed by atoms with Crippen molar-refractivity contribution in [2.24, 2.45) is 0 Å². The molecule has 106 valence electrons. The summed E-state index contributed by atoms with van der Waals surface area (Å²) in [5.41, 5.74) is 2.61. The van der Waals surface area contributed by atoms with Gasteiger partial charge >= 0.3 is 7.12 Å². The predicted molar refractivity (Wildman–Crippen MR) is 79.3 cm³/mol. The van der Waals surface area contributed by atoms with Gasteiger partial charge in [0.25, 0.3) is 5.91 Å². The van der Waals surface area contributed by atoms with Crippen LogP contribution in [0, 0.1) is 0 Å². The van der Waals surface area contributed by atoms with E-state index in [0.29, 0.717) is 29.2 Å². The summed E-state index contributed by atoms with van der Waals surface area (Å²) in [6.45, 7) is 0.660. The SMILES string of the molecule is O=C(NCc1cccnc1)c1cc2c(cc1Cl)COB2O. The summed E-state index contributed by atoms with van der Waals surface area (Å²) in [6.07, 6.45) is 3.35. The van der Waals surface area contributed by atoms with E-state index in [1.807, 2.05) is 6.07 Å². The summed E-state index contributed by atoms with van der Waals surface area (Å²) in [5, 5.41) is 12.8. The molecule has 1 aromatic carbocycles. The van der Waals surface area contributed by atoms with Gasteiger partial charge in [0.15, 0.2) is 0 Å². The van der Waals surface area contributed by atoms with Gasteiger partial charge in [-0.15, -0.1) is 0 Å². The van der Waals surface area contributed by atoms with E-state index >= 15 is 0 Å². The quantitative estimate of drug-likeness (QED) is 0.826. The molecule has 0 fully saturated rings. The summed E-state index contributed by atoms with van der Waals surface area (Å²) in [6, 6.07) is 6.91. The zero-order chi connectivity index (χ0) is 14.8. The van der Waals surface area contributed by atoms with Gasteiger partial charge in [-0.25, -0.2) is 0 Å². The molecular weight excluding hydrogens is 290 g/mol. The third-order valence-corrected chi connectivity index (χ3v) is 3.62. The number of hydrogen-bond acceptors (Lipinski definition) is 4. The minimum Gasteiger partial charge on any atom is -0.423 e. The number of amides is 1. The molecule has 7 heteroatoms. The van der Waals surface area contributed by atoms with Gasteiger partial charge in [0.2, 0.25) is 0 Å². The third kappa shape index (κ3) is 2.92. The van der Waals surface area contributed by atoms with Gasteiger partial charge in [0.05, 0.1) is 17.2 Å². The van der Waals surface area contributed by atoms with Gasteiger partial charge in [-0.05, 0) is 34.8 Å². The number of halogens is 1. The van der Waals surface area contributed by atoms with Crippen molar-refractivity contribution in [1.82, 2.24) is 10.3 Å². The molecule has 0 bridgehead atoms. The number of benzene rings is 1. The molecule has 0 aliphatic carbocycles. The molecule has 1 aliphatic rings. The maximum Gasteiger partial charge on any atom is 0.491 e. The van der Waals surface area contributed by atoms with Crippen LogP contribution in [-0.2, 0) is 17.8 Å². The van der Waals surface area contributed by atoms with E-state index in [0.717, 1.165) is 11.1 Å². The van der Waals surface area contributed by atoms with Crippen molar-refractivity contribution in [2.45, 2.75) is 13.2 Å². The van der Waals surface area contributed by atoms with Gasteiger partial charge < -0.3 is 15.0 Å². The summed E-state index contributed by atoms with van der Waals surface area (Å²) in [5.74, 6) is -0.300. The molecule has 0 saturated carbocycles. The van der Waals surface area contributed by atoms with E-state index < -0.39 is 7.12 Å². The molecule has 0 saturated heterocycles. The van der Waals surface area contributed by atoms with Crippen LogP contribution in [0.5, 0.6) is 0 Å². The summed E-state index contributed by atoms with van der Waals surface area (Å²) in [4.78, 5) is 16.2. The molecule has 5 nitrogen and oxygen atoms in total. The monoisotopic (exact) mass is 302 g/mol. The number of aromatic nitrogens is 1. The highest BCUT2D eigenvalue weighted by atomic mass is 35.5. The Morgan fingerprint density at radius 2 is 2.38 bits per heavy atom. The second-order valence-corrected chi connectivity index (χ2v) is 5.15. The Bertz CT molecular complexity index is 681. The van der Waals surface area contributed by atoms with E-state index in [9.17, 15) is 9.82 Å². The fourth-order valence-corrected chi connectivity index (χ4v) is 2.47. The highest BCUT2D eigenvalue weighted by Gasteiger charge is 2.29. The van der Waals surface area contributed by atoms with Gasteiger partial charge in [0, 0.05) is 18.9 Å². The van der Waals surface area contributed by atoms with Crippen molar-refractivity contribution in [1.29, 1.82) is 0 Å². The summed E-state index contributed by atoms with van der Waals surface area (Å²) < 4.78 is 5.10. The summed E-state index contributed by atoms with van der Waals surface area (Å²) in [7, 11) is -0.998. The lowest BCUT2D eigenvalue weighted by Gasteiger charge is -2.09. The Kier molecular flexibility index (Phi) is 3.92. The molecule has 0 unspecified atom stereocenters. The van der Waals surface area contributed by atoms with Crippen molar-refractivity contribution >= 4 is 30.1 Å². The van der Waals surface area contributed by atoms with Crippen LogP contribution in [0.15, 0.2) is 36.7 Å². The lowest BCUT2D eigenvalue weighted by molar-refractivity contribution is 0.0951. The third-order valence-electron chi connectivity index (χ3n) is 3.31. The molecule has 0 radical (unpaired) electrons. The van der Waals surface area contributed by atoms with Crippen LogP contribution < -0.4 is 10.8 Å². The van der Waals surface area contributed by atoms with Gasteiger partial charge in [-0.2, -0.15) is 0 Å². The van der Waals surface area contributed by atoms with E-state index in [1.54, 1.807) is 30.6 Å². The van der Waals surface area contributed by atoms with Crippen LogP contribution in [-0.4, -0.2) is 23.0 Å². The number of nitrogens with zero attached hydrogens (tertiary/aromatic N) is 1. The zero-order valence-corrected chi connectivity index (χ0v) is 11.8. The zero-order valence-electron chi connectivity index (χ0n) is 11.0. The number of nitrogens with one attached hydrogen (secondary N) is 1. The highest BCUT2D eigenvalue weighted by molar-refractivity contribution is 6.61. The predicted octanol–water partition coefficient (Wildman–Crippen LogP) is 0.883. The molecule has 1 amide bonds. The first-order chi connectivity index (χ1) is 10.1. The number of hydrogen-bond donors (Lipinski definition) is 2. The molecule has 21 heavy (non-hydrogen) atoms. The number of rotatable bonds is 3. The average molecular weight is 303 g/mol. The van der Waals surface area contributed by atoms with E-state index in [-0.39, 0.29) is 5.91 Å². The van der Waals surface area contributed by atoms with Crippen LogP contribution in [0.25, 0.3) is 0 Å². The molecule has 0 atom stereocenters. The van der Waals surface area contributed by atoms with E-state index in [1.165, 1.54) is 0 Å². The first-order valence-corrected chi connectivity index (χ1v) is 6.82. The lowest BCUT2D eigenvalue weighted by Crippen LogP contribution is -2.31. The Morgan fingerprint density at radius 1 is 1.52 bits per heavy atom. The first-order valence-electron chi connectivity index (χ1n) is 6.44. The highest BCUT2D eigenvalue weighted by Crippen LogP contribution is 2.20. The van der Waals surface area contributed by atoms with Crippen molar-refractivity contribution in [3.63, 3.8) is 0 Å². The van der Waals surface area contributed by atoms with Gasteiger partial charge in [-0.1, -0.05) is 17.7 Å². The van der Waals surface area contributed by atoms with Crippen LogP contribution >= 0.6 is 11.6 Å². The number of carbonyl (C=O) groups excluding carboxylic acids is 1. The van der Waals surface area contributed by atoms with Crippen molar-refractivity contribution in [2.75, 3.05) is 0 Å². The standard InChI is InChI=1S/C14H12BClN2O3/c16-13-4-10-8-21-15(20)12(10)5-11(13)14(19)18-7-9-2-1-3-17-6-9/h1-6,20H,7-8H2,(H,18,19). The number of pyridine rings is 1. The van der Waals surface area contributed by atoms with Gasteiger partial charge in [0.1, 0.15) is 0 Å². The Morgan fingerprint density at radius 3 is 3.14 bits per heavy atom. The van der Waals surface area contributed by atoms with Crippen molar-refractivity contribution in [3.8, 4) is 0 Å². The molecule has 2 heterocycles. The normalized spacial score (nSPS) is 13.1. The van der Waals surface area contributed by atoms with Gasteiger partial charge in [-0.3, -0.25) is 9.78 Å². The molecule has 2 N–H and O–H groups in total. The average Bonchev–Trinajstić information content (AvgIpc) is 2.85. The summed E-state index contributed by atoms with van der Waals surface area (Å²) >= 11 is 6.12. The Labute approximate surface area is 127 Å². The lowest BCUT2D eigenvalue weighted by atomic mass is 9.78. The van der Waals surface area contributed by atoms with E-state index in [4.69, 9.17) is 16.3 Å². The minimum absolute atomic E-state index is 0.299. The smallest absolute Gasteiger partial charge is 0.423 e. The second-order valence-electron chi connectivity index (χ2n) is 4.74. The largest absolute Gasteiger partial charge is 0.491 e. The second kappa shape index (κ2) is 5.85. The maximum absolute atomic E-state index is 12.2. The molecule has 0 spiro atoms. The molecule has 3 rings (SSSR count). The van der Waals surface area contributed by atoms with Crippen molar-refractivity contribution in [3.05, 3.63) is 58.4 Å². The van der Waals surface area contributed by atoms with Crippen molar-refractivity contribution < 1.29 is 14.5 Å². The van der Waals surface area contributed by atoms with E-state index in [2.05, 4.69) is 10.3 Å². The topological polar surface area (TPSA) is 71.5 Å². The Balaban J connectivity index is 1.77. The van der Waals surface area contributed by atoms with Crippen LogP contribution in [0.1, 0.15) is 21.5 Å². The Hall–Kier alpha value is -1.89. The maximum atomic E-state index is 12.2. The molecule has 1 aromatic heterocycles.